The third-order valence-electron chi connectivity index (χ3n) is 6.02. The molecule has 37 heavy (non-hydrogen) atoms. The Morgan fingerprint density at radius 1 is 0.838 bits per heavy atom. The van der Waals surface area contributed by atoms with Gasteiger partial charge in [0.1, 0.15) is 19.3 Å². The maximum Gasteiger partial charge on any atom is 0.324 e. The number of unbranched alkanes of at least 4 members (excludes halogenated alkanes) is 7. The monoisotopic (exact) mass is 529 g/mol. The fraction of sp³-hybridized carbons (Fsp3) is 0.821. The zero-order chi connectivity index (χ0) is 27.9. The summed E-state index contributed by atoms with van der Waals surface area (Å²) in [5.41, 5.74) is 0. The van der Waals surface area contributed by atoms with Crippen LogP contribution in [-0.2, 0) is 28.7 Å². The van der Waals surface area contributed by atoms with Crippen molar-refractivity contribution in [2.75, 3.05) is 34.3 Å². The predicted molar refractivity (Wildman–Crippen MR) is 144 cm³/mol. The second-order valence-electron chi connectivity index (χ2n) is 10.7. The smallest absolute Gasteiger partial charge is 0.324 e. The van der Waals surface area contributed by atoms with Gasteiger partial charge in [0, 0.05) is 19.3 Å². The van der Waals surface area contributed by atoms with Gasteiger partial charge >= 0.3 is 17.9 Å². The molecule has 0 aromatic heterocycles. The first kappa shape index (κ1) is 35.0. The summed E-state index contributed by atoms with van der Waals surface area (Å²) in [6.07, 6.45) is 13.6. The molecule has 0 heterocycles. The highest BCUT2D eigenvalue weighted by Gasteiger charge is 2.22. The molecule has 0 aromatic carbocycles. The molecule has 0 spiro atoms. The van der Waals surface area contributed by atoms with Gasteiger partial charge in [-0.15, -0.1) is 0 Å². The van der Waals surface area contributed by atoms with E-state index in [1.54, 1.807) is 0 Å². The van der Waals surface area contributed by atoms with Crippen LogP contribution in [0, 0.1) is 0 Å². The summed E-state index contributed by atoms with van der Waals surface area (Å²) in [7, 11) is 6.09. The first-order valence-corrected chi connectivity index (χ1v) is 14.0. The SMILES string of the molecule is CCCCCC(OC(=O)CCCC(=O)OCC[N+](C)(C)C)C(O)C/C=C\CCCCCCCC(=O)ON. The summed E-state index contributed by atoms with van der Waals surface area (Å²) in [6, 6.07) is 0. The van der Waals surface area contributed by atoms with E-state index in [9.17, 15) is 19.5 Å². The normalized spacial score (nSPS) is 13.4. The third kappa shape index (κ3) is 22.9. The van der Waals surface area contributed by atoms with Crippen LogP contribution in [0.1, 0.15) is 103 Å². The van der Waals surface area contributed by atoms with Crippen LogP contribution in [0.4, 0.5) is 0 Å². The molecule has 9 nitrogen and oxygen atoms in total. The molecule has 0 rings (SSSR count). The van der Waals surface area contributed by atoms with Crippen LogP contribution < -0.4 is 5.90 Å². The first-order valence-electron chi connectivity index (χ1n) is 14.0. The molecule has 0 amide bonds. The highest BCUT2D eigenvalue weighted by molar-refractivity contribution is 5.72. The minimum atomic E-state index is -0.750. The zero-order valence-corrected chi connectivity index (χ0v) is 23.8. The van der Waals surface area contributed by atoms with Crippen LogP contribution in [-0.4, -0.2) is 74.0 Å². The van der Waals surface area contributed by atoms with Crippen molar-refractivity contribution < 1.29 is 38.3 Å². The van der Waals surface area contributed by atoms with Crippen LogP contribution in [0.2, 0.25) is 0 Å². The van der Waals surface area contributed by atoms with Gasteiger partial charge in [0.05, 0.1) is 27.2 Å². The van der Waals surface area contributed by atoms with E-state index in [1.165, 1.54) is 0 Å². The fourth-order valence-corrected chi connectivity index (χ4v) is 3.66. The van der Waals surface area contributed by atoms with Crippen LogP contribution in [0.25, 0.3) is 0 Å². The van der Waals surface area contributed by atoms with E-state index in [4.69, 9.17) is 15.4 Å². The molecule has 9 heteroatoms. The number of allylic oxidation sites excluding steroid dienone is 1. The van der Waals surface area contributed by atoms with Crippen molar-refractivity contribution in [3.05, 3.63) is 12.2 Å². The third-order valence-corrected chi connectivity index (χ3v) is 6.02. The minimum absolute atomic E-state index is 0.130. The Balaban J connectivity index is 4.24. The Morgan fingerprint density at radius 2 is 1.49 bits per heavy atom. The quantitative estimate of drug-likeness (QED) is 0.0658. The molecule has 0 aliphatic rings. The number of likely N-dealkylation sites (N-methyl/N-ethyl adjacent to an activating group) is 1. The number of rotatable bonds is 23. The molecule has 0 fully saturated rings. The number of nitrogens with two attached hydrogens (primary N) is 1. The Hall–Kier alpha value is -1.97. The van der Waals surface area contributed by atoms with Gasteiger partial charge in [-0.05, 0) is 44.9 Å². The molecule has 0 aromatic rings. The van der Waals surface area contributed by atoms with E-state index < -0.39 is 12.2 Å². The van der Waals surface area contributed by atoms with E-state index in [0.29, 0.717) is 36.8 Å². The molecule has 2 unspecified atom stereocenters. The number of aliphatic hydroxyl groups excluding tert-OH is 1. The number of hydrogen-bond donors (Lipinski definition) is 2. The molecular weight excluding hydrogens is 476 g/mol. The van der Waals surface area contributed by atoms with E-state index in [2.05, 4.69) is 17.8 Å². The van der Waals surface area contributed by atoms with Gasteiger partial charge in [-0.1, -0.05) is 51.2 Å². The lowest BCUT2D eigenvalue weighted by Gasteiger charge is -2.23. The van der Waals surface area contributed by atoms with Crippen LogP contribution in [0.15, 0.2) is 12.2 Å². The highest BCUT2D eigenvalue weighted by atomic mass is 16.7. The van der Waals surface area contributed by atoms with E-state index in [-0.39, 0.29) is 30.7 Å². The molecule has 0 aliphatic heterocycles. The number of esters is 2. The van der Waals surface area contributed by atoms with E-state index >= 15 is 0 Å². The molecule has 0 radical (unpaired) electrons. The van der Waals surface area contributed by atoms with Gasteiger partial charge in [-0.25, -0.2) is 0 Å². The van der Waals surface area contributed by atoms with Gasteiger partial charge in [-0.2, -0.15) is 5.90 Å². The summed E-state index contributed by atoms with van der Waals surface area (Å²) >= 11 is 0. The topological polar surface area (TPSA) is 125 Å². The van der Waals surface area contributed by atoms with Crippen molar-refractivity contribution >= 4 is 17.9 Å². The molecule has 2 atom stereocenters. The number of nitrogens with zero attached hydrogens (tertiary/aromatic N) is 1. The van der Waals surface area contributed by atoms with E-state index in [0.717, 1.165) is 64.3 Å². The number of aliphatic hydroxyl groups is 1. The maximum absolute atomic E-state index is 12.4. The maximum atomic E-state index is 12.4. The van der Waals surface area contributed by atoms with Gasteiger partial charge in [0.15, 0.2) is 0 Å². The second-order valence-corrected chi connectivity index (χ2v) is 10.7. The van der Waals surface area contributed by atoms with Crippen molar-refractivity contribution in [1.82, 2.24) is 0 Å². The average Bonchev–Trinajstić information content (AvgIpc) is 2.83. The number of carbonyl (C=O) groups excluding carboxylic acids is 3. The molecule has 0 bridgehead atoms. The lowest BCUT2D eigenvalue weighted by molar-refractivity contribution is -0.870. The Bertz CT molecular complexity index is 647. The summed E-state index contributed by atoms with van der Waals surface area (Å²) in [4.78, 5) is 39.3. The molecule has 0 saturated heterocycles. The molecule has 0 saturated carbocycles. The van der Waals surface area contributed by atoms with Crippen molar-refractivity contribution in [3.63, 3.8) is 0 Å². The minimum Gasteiger partial charge on any atom is -0.460 e. The largest absolute Gasteiger partial charge is 0.460 e. The number of carbonyl (C=O) groups is 3. The second kappa shape index (κ2) is 22.1. The number of ether oxygens (including phenoxy) is 2. The molecule has 0 aliphatic carbocycles. The first-order chi connectivity index (χ1) is 17.6. The lowest BCUT2D eigenvalue weighted by Crippen LogP contribution is -2.38. The standard InChI is InChI=1S/C28H53N2O7/c1-5-6-13-18-25(36-27(33)21-16-20-26(32)35-23-22-30(2,3)4)24(31)17-14-11-9-7-8-10-12-15-19-28(34)37-29/h11,14,24-25,31H,5-10,12-13,15-23,29H2,1-4H3/q+1/b14-11-. The van der Waals surface area contributed by atoms with Gasteiger partial charge in [0.25, 0.3) is 0 Å². The highest BCUT2D eigenvalue weighted by Crippen LogP contribution is 2.16. The lowest BCUT2D eigenvalue weighted by atomic mass is 10.0. The average molecular weight is 530 g/mol. The van der Waals surface area contributed by atoms with E-state index in [1.807, 2.05) is 27.2 Å². The molecule has 216 valence electrons. The number of quaternary nitrogens is 1. The zero-order valence-electron chi connectivity index (χ0n) is 23.8. The summed E-state index contributed by atoms with van der Waals surface area (Å²) in [5, 5.41) is 10.6. The molecule has 3 N–H and O–H groups in total. The predicted octanol–water partition coefficient (Wildman–Crippen LogP) is 4.35. The van der Waals surface area contributed by atoms with Crippen molar-refractivity contribution in [2.24, 2.45) is 5.90 Å². The van der Waals surface area contributed by atoms with Crippen LogP contribution >= 0.6 is 0 Å². The van der Waals surface area contributed by atoms with Gasteiger partial charge in [0.2, 0.25) is 0 Å². The van der Waals surface area contributed by atoms with Crippen molar-refractivity contribution in [1.29, 1.82) is 0 Å². The Labute approximate surface area is 224 Å². The Morgan fingerprint density at radius 3 is 2.16 bits per heavy atom. The van der Waals surface area contributed by atoms with Gasteiger partial charge in [-0.3, -0.25) is 14.4 Å². The Kier molecular flexibility index (Phi) is 20.9. The van der Waals surface area contributed by atoms with Gasteiger partial charge < -0.3 is 23.9 Å². The molecular formula is C28H53N2O7+. The van der Waals surface area contributed by atoms with Crippen molar-refractivity contribution in [3.8, 4) is 0 Å². The van der Waals surface area contributed by atoms with Crippen molar-refractivity contribution in [2.45, 2.75) is 115 Å². The fourth-order valence-electron chi connectivity index (χ4n) is 3.66. The summed E-state index contributed by atoms with van der Waals surface area (Å²) < 4.78 is 11.5. The summed E-state index contributed by atoms with van der Waals surface area (Å²) in [6.45, 7) is 3.20. The number of hydrogen-bond acceptors (Lipinski definition) is 8. The van der Waals surface area contributed by atoms with Crippen LogP contribution in [0.3, 0.4) is 0 Å². The van der Waals surface area contributed by atoms with Crippen LogP contribution in [0.5, 0.6) is 0 Å². The summed E-state index contributed by atoms with van der Waals surface area (Å²) in [5.74, 6) is 3.75.